The lowest BCUT2D eigenvalue weighted by molar-refractivity contribution is 0.0938. The van der Waals surface area contributed by atoms with Gasteiger partial charge >= 0.3 is 0 Å². The Morgan fingerprint density at radius 3 is 2.11 bits per heavy atom. The van der Waals surface area contributed by atoms with Gasteiger partial charge in [-0.3, -0.25) is 4.90 Å². The second-order valence-corrected chi connectivity index (χ2v) is 4.57. The maximum absolute atomic E-state index is 2.56. The van der Waals surface area contributed by atoms with Crippen molar-refractivity contribution in [3.05, 3.63) is 35.9 Å². The molecule has 19 heavy (non-hydrogen) atoms. The van der Waals surface area contributed by atoms with Gasteiger partial charge in [-0.25, -0.2) is 0 Å². The van der Waals surface area contributed by atoms with E-state index in [2.05, 4.69) is 54.1 Å². The molecule has 1 aliphatic rings. The van der Waals surface area contributed by atoms with E-state index in [1.807, 2.05) is 27.7 Å². The summed E-state index contributed by atoms with van der Waals surface area (Å²) in [6.45, 7) is 15.0. The van der Waals surface area contributed by atoms with Crippen molar-refractivity contribution in [2.45, 2.75) is 47.2 Å². The summed E-state index contributed by atoms with van der Waals surface area (Å²) in [5.74, 6) is 0. The Kier molecular flexibility index (Phi) is 10.5. The summed E-state index contributed by atoms with van der Waals surface area (Å²) in [7, 11) is 2.20. The van der Waals surface area contributed by atoms with Crippen molar-refractivity contribution in [3.8, 4) is 0 Å². The minimum Gasteiger partial charge on any atom is -0.304 e. The van der Waals surface area contributed by atoms with Crippen molar-refractivity contribution in [3.63, 3.8) is 0 Å². The van der Waals surface area contributed by atoms with Crippen LogP contribution < -0.4 is 0 Å². The zero-order chi connectivity index (χ0) is 14.7. The van der Waals surface area contributed by atoms with Gasteiger partial charge in [0.15, 0.2) is 0 Å². The summed E-state index contributed by atoms with van der Waals surface area (Å²) in [6.07, 6.45) is 0. The van der Waals surface area contributed by atoms with Crippen LogP contribution in [0.5, 0.6) is 0 Å². The first-order valence-electron chi connectivity index (χ1n) is 7.72. The number of piperazine rings is 1. The third kappa shape index (κ3) is 6.74. The molecule has 0 saturated carbocycles. The van der Waals surface area contributed by atoms with Crippen LogP contribution in [0.4, 0.5) is 0 Å². The van der Waals surface area contributed by atoms with E-state index in [0.717, 1.165) is 6.54 Å². The molecular weight excluding hydrogens is 232 g/mol. The molecule has 2 heteroatoms. The van der Waals surface area contributed by atoms with Crippen LogP contribution in [0.2, 0.25) is 0 Å². The van der Waals surface area contributed by atoms with Gasteiger partial charge in [0.05, 0.1) is 0 Å². The molecule has 2 rings (SSSR count). The molecule has 0 aliphatic carbocycles. The van der Waals surface area contributed by atoms with E-state index in [-0.39, 0.29) is 0 Å². The smallest absolute Gasteiger partial charge is 0.0237 e. The summed E-state index contributed by atoms with van der Waals surface area (Å²) in [6, 6.07) is 11.4. The van der Waals surface area contributed by atoms with Crippen molar-refractivity contribution in [2.24, 2.45) is 0 Å². The minimum absolute atomic E-state index is 0.670. The van der Waals surface area contributed by atoms with Crippen molar-refractivity contribution in [2.75, 3.05) is 26.7 Å². The van der Waals surface area contributed by atoms with Crippen LogP contribution in [0.3, 0.4) is 0 Å². The minimum atomic E-state index is 0.670. The summed E-state index contributed by atoms with van der Waals surface area (Å²) in [5, 5.41) is 0. The highest BCUT2D eigenvalue weighted by Crippen LogP contribution is 2.12. The van der Waals surface area contributed by atoms with Crippen LogP contribution in [0.15, 0.2) is 30.3 Å². The van der Waals surface area contributed by atoms with E-state index in [4.69, 9.17) is 0 Å². The Bertz CT molecular complexity index is 297. The molecule has 1 saturated heterocycles. The van der Waals surface area contributed by atoms with Gasteiger partial charge in [0, 0.05) is 32.2 Å². The lowest BCUT2D eigenvalue weighted by atomic mass is 10.1. The van der Waals surface area contributed by atoms with Crippen LogP contribution in [0, 0.1) is 0 Å². The van der Waals surface area contributed by atoms with E-state index in [1.165, 1.54) is 25.2 Å². The van der Waals surface area contributed by atoms with Gasteiger partial charge in [-0.05, 0) is 19.5 Å². The number of hydrogen-bond donors (Lipinski definition) is 0. The lowest BCUT2D eigenvalue weighted by Gasteiger charge is -2.38. The Balaban J connectivity index is 0.000000741. The fraction of sp³-hybridized carbons (Fsp3) is 0.647. The number of nitrogens with zero attached hydrogens (tertiary/aromatic N) is 2. The Morgan fingerprint density at radius 1 is 1.00 bits per heavy atom. The molecule has 1 aromatic rings. The highest BCUT2D eigenvalue weighted by Gasteiger charge is 2.20. The Morgan fingerprint density at radius 2 is 1.58 bits per heavy atom. The maximum Gasteiger partial charge on any atom is 0.0237 e. The van der Waals surface area contributed by atoms with Crippen LogP contribution in [0.25, 0.3) is 0 Å². The predicted molar refractivity (Wildman–Crippen MR) is 86.5 cm³/mol. The summed E-state index contributed by atoms with van der Waals surface area (Å²) < 4.78 is 0. The molecule has 1 aromatic carbocycles. The van der Waals surface area contributed by atoms with Crippen LogP contribution >= 0.6 is 0 Å². The Hall–Kier alpha value is -0.860. The van der Waals surface area contributed by atoms with Gasteiger partial charge in [-0.1, -0.05) is 58.0 Å². The standard InChI is InChI=1S/C13H20N2.2C2H6/c1-12-10-14(2)8-9-15(12)11-13-6-4-3-5-7-13;2*1-2/h3-7,12H,8-11H2,1-2H3;2*1-2H3. The molecule has 1 atom stereocenters. The lowest BCUT2D eigenvalue weighted by Crippen LogP contribution is -2.49. The highest BCUT2D eigenvalue weighted by molar-refractivity contribution is 5.14. The molecule has 1 unspecified atom stereocenters. The third-order valence-corrected chi connectivity index (χ3v) is 3.20. The van der Waals surface area contributed by atoms with Gasteiger partial charge in [0.2, 0.25) is 0 Å². The molecule has 110 valence electrons. The van der Waals surface area contributed by atoms with Crippen LogP contribution in [-0.4, -0.2) is 42.5 Å². The molecule has 2 nitrogen and oxygen atoms in total. The molecule has 0 aromatic heterocycles. The van der Waals surface area contributed by atoms with Gasteiger partial charge in [-0.2, -0.15) is 0 Å². The normalized spacial score (nSPS) is 19.8. The van der Waals surface area contributed by atoms with Crippen LogP contribution in [-0.2, 0) is 6.54 Å². The SMILES string of the molecule is CC.CC.CC1CN(C)CCN1Cc1ccccc1. The molecule has 0 N–H and O–H groups in total. The molecule has 1 heterocycles. The fourth-order valence-electron chi connectivity index (χ4n) is 2.23. The average Bonchev–Trinajstić information content (AvgIpc) is 2.47. The molecule has 0 radical (unpaired) electrons. The van der Waals surface area contributed by atoms with Crippen molar-refractivity contribution in [1.82, 2.24) is 9.80 Å². The van der Waals surface area contributed by atoms with Crippen molar-refractivity contribution in [1.29, 1.82) is 0 Å². The number of rotatable bonds is 2. The predicted octanol–water partition coefficient (Wildman–Crippen LogP) is 3.87. The summed E-state index contributed by atoms with van der Waals surface area (Å²) >= 11 is 0. The molecular formula is C17H32N2. The molecule has 0 bridgehead atoms. The van der Waals surface area contributed by atoms with E-state index in [0.29, 0.717) is 6.04 Å². The first kappa shape index (κ1) is 18.1. The second kappa shape index (κ2) is 11.0. The quantitative estimate of drug-likeness (QED) is 0.800. The molecule has 0 spiro atoms. The van der Waals surface area contributed by atoms with Crippen molar-refractivity contribution >= 4 is 0 Å². The monoisotopic (exact) mass is 264 g/mol. The van der Waals surface area contributed by atoms with Gasteiger partial charge < -0.3 is 4.90 Å². The highest BCUT2D eigenvalue weighted by atomic mass is 15.3. The molecule has 0 amide bonds. The largest absolute Gasteiger partial charge is 0.304 e. The van der Waals surface area contributed by atoms with E-state index < -0.39 is 0 Å². The van der Waals surface area contributed by atoms with Gasteiger partial charge in [-0.15, -0.1) is 0 Å². The van der Waals surface area contributed by atoms with Gasteiger partial charge in [0.25, 0.3) is 0 Å². The summed E-state index contributed by atoms with van der Waals surface area (Å²) in [4.78, 5) is 4.97. The van der Waals surface area contributed by atoms with E-state index in [1.54, 1.807) is 0 Å². The van der Waals surface area contributed by atoms with Gasteiger partial charge in [0.1, 0.15) is 0 Å². The molecule has 1 aliphatic heterocycles. The first-order valence-corrected chi connectivity index (χ1v) is 7.72. The zero-order valence-electron chi connectivity index (χ0n) is 13.7. The van der Waals surface area contributed by atoms with Crippen molar-refractivity contribution < 1.29 is 0 Å². The fourth-order valence-corrected chi connectivity index (χ4v) is 2.23. The first-order chi connectivity index (χ1) is 9.25. The van der Waals surface area contributed by atoms with Crippen LogP contribution in [0.1, 0.15) is 40.2 Å². The Labute approximate surface area is 120 Å². The number of benzene rings is 1. The van der Waals surface area contributed by atoms with E-state index >= 15 is 0 Å². The van der Waals surface area contributed by atoms with E-state index in [9.17, 15) is 0 Å². The second-order valence-electron chi connectivity index (χ2n) is 4.57. The number of hydrogen-bond acceptors (Lipinski definition) is 2. The summed E-state index contributed by atoms with van der Waals surface area (Å²) in [5.41, 5.74) is 1.42. The zero-order valence-corrected chi connectivity index (χ0v) is 13.7. The topological polar surface area (TPSA) is 6.48 Å². The maximum atomic E-state index is 2.56. The third-order valence-electron chi connectivity index (χ3n) is 3.20. The average molecular weight is 264 g/mol. The molecule has 1 fully saturated rings. The number of likely N-dealkylation sites (N-methyl/N-ethyl adjacent to an activating group) is 1.